The van der Waals surface area contributed by atoms with Crippen molar-refractivity contribution in [1.29, 1.82) is 0 Å². The fourth-order valence-corrected chi connectivity index (χ4v) is 2.92. The van der Waals surface area contributed by atoms with Gasteiger partial charge in [-0.3, -0.25) is 9.59 Å². The molecule has 1 saturated heterocycles. The number of anilines is 1. The van der Waals surface area contributed by atoms with Gasteiger partial charge in [0.05, 0.1) is 0 Å². The molecule has 0 aliphatic carbocycles. The predicted octanol–water partition coefficient (Wildman–Crippen LogP) is 3.98. The van der Waals surface area contributed by atoms with Crippen molar-refractivity contribution in [2.75, 3.05) is 18.1 Å². The van der Waals surface area contributed by atoms with Gasteiger partial charge in [0.2, 0.25) is 5.91 Å². The van der Waals surface area contributed by atoms with Crippen LogP contribution >= 0.6 is 15.9 Å². The highest BCUT2D eigenvalue weighted by atomic mass is 79.9. The van der Waals surface area contributed by atoms with Gasteiger partial charge >= 0.3 is 0 Å². The Morgan fingerprint density at radius 1 is 1.25 bits per heavy atom. The van der Waals surface area contributed by atoms with Gasteiger partial charge in [-0.2, -0.15) is 0 Å². The van der Waals surface area contributed by atoms with E-state index in [9.17, 15) is 14.0 Å². The van der Waals surface area contributed by atoms with Crippen molar-refractivity contribution in [2.24, 2.45) is 0 Å². The third-order valence-corrected chi connectivity index (χ3v) is 4.30. The first-order valence-corrected chi connectivity index (χ1v) is 8.35. The van der Waals surface area contributed by atoms with Gasteiger partial charge in [-0.1, -0.05) is 28.1 Å². The van der Waals surface area contributed by atoms with Crippen LogP contribution < -0.4 is 9.64 Å². The maximum atomic E-state index is 13.7. The van der Waals surface area contributed by atoms with E-state index in [-0.39, 0.29) is 24.0 Å². The molecular formula is C18H15BrFNO3. The van der Waals surface area contributed by atoms with E-state index >= 15 is 0 Å². The topological polar surface area (TPSA) is 46.6 Å². The Bertz CT molecular complexity index is 794. The normalized spacial score (nSPS) is 14.1. The second-order valence-corrected chi connectivity index (χ2v) is 6.40. The van der Waals surface area contributed by atoms with Crippen LogP contribution in [0.15, 0.2) is 46.9 Å². The molecule has 2 aromatic rings. The number of amides is 1. The summed E-state index contributed by atoms with van der Waals surface area (Å²) in [5, 5.41) is 0. The van der Waals surface area contributed by atoms with Crippen LogP contribution in [0.1, 0.15) is 23.2 Å². The summed E-state index contributed by atoms with van der Waals surface area (Å²) in [6.07, 6.45) is 1.35. The molecule has 1 amide bonds. The lowest BCUT2D eigenvalue weighted by atomic mass is 10.1. The zero-order chi connectivity index (χ0) is 17.1. The monoisotopic (exact) mass is 391 g/mol. The molecule has 0 atom stereocenters. The predicted molar refractivity (Wildman–Crippen MR) is 92.0 cm³/mol. The second kappa shape index (κ2) is 7.13. The number of halogens is 2. The first-order valence-electron chi connectivity index (χ1n) is 7.56. The number of nitrogens with zero attached hydrogens (tertiary/aromatic N) is 1. The number of carbonyl (C=O) groups excluding carboxylic acids is 2. The molecule has 0 unspecified atom stereocenters. The van der Waals surface area contributed by atoms with Crippen LogP contribution in [0.5, 0.6) is 5.75 Å². The Kier molecular flexibility index (Phi) is 4.94. The minimum atomic E-state index is -0.534. The van der Waals surface area contributed by atoms with Crippen molar-refractivity contribution in [1.82, 2.24) is 0 Å². The average molecular weight is 392 g/mol. The molecule has 0 aromatic heterocycles. The first-order chi connectivity index (χ1) is 11.5. The lowest BCUT2D eigenvalue weighted by Crippen LogP contribution is -2.24. The van der Waals surface area contributed by atoms with E-state index in [0.29, 0.717) is 28.7 Å². The summed E-state index contributed by atoms with van der Waals surface area (Å²) >= 11 is 3.16. The quantitative estimate of drug-likeness (QED) is 0.724. The van der Waals surface area contributed by atoms with E-state index in [1.807, 2.05) is 0 Å². The summed E-state index contributed by atoms with van der Waals surface area (Å²) in [6, 6.07) is 11.2. The summed E-state index contributed by atoms with van der Waals surface area (Å²) in [4.78, 5) is 25.8. The minimum absolute atomic E-state index is 0.0254. The zero-order valence-corrected chi connectivity index (χ0v) is 14.4. The van der Waals surface area contributed by atoms with E-state index in [0.717, 1.165) is 6.42 Å². The summed E-state index contributed by atoms with van der Waals surface area (Å²) in [7, 11) is 0. The molecule has 4 nitrogen and oxygen atoms in total. The molecular weight excluding hydrogens is 377 g/mol. The van der Waals surface area contributed by atoms with Crippen molar-refractivity contribution >= 4 is 33.3 Å². The first kappa shape index (κ1) is 16.6. The number of rotatable bonds is 5. The molecule has 0 spiro atoms. The number of carbonyl (C=O) groups is 2. The molecule has 124 valence electrons. The van der Waals surface area contributed by atoms with Crippen molar-refractivity contribution in [3.63, 3.8) is 0 Å². The SMILES string of the molecule is O=C(COc1ccc(Br)cc1F)c1cccc(N2CCCC2=O)c1. The van der Waals surface area contributed by atoms with E-state index in [1.165, 1.54) is 12.1 Å². The maximum Gasteiger partial charge on any atom is 0.227 e. The van der Waals surface area contributed by atoms with Gasteiger partial charge in [0.15, 0.2) is 24.0 Å². The molecule has 1 aliphatic rings. The lowest BCUT2D eigenvalue weighted by Gasteiger charge is -2.16. The van der Waals surface area contributed by atoms with E-state index < -0.39 is 5.82 Å². The molecule has 0 N–H and O–H groups in total. The maximum absolute atomic E-state index is 13.7. The number of ether oxygens (including phenoxy) is 1. The third-order valence-electron chi connectivity index (χ3n) is 3.81. The Morgan fingerprint density at radius 3 is 2.79 bits per heavy atom. The van der Waals surface area contributed by atoms with Crippen LogP contribution in [0, 0.1) is 5.82 Å². The number of hydrogen-bond donors (Lipinski definition) is 0. The van der Waals surface area contributed by atoms with E-state index in [4.69, 9.17) is 4.74 Å². The highest BCUT2D eigenvalue weighted by Gasteiger charge is 2.22. The fourth-order valence-electron chi connectivity index (χ4n) is 2.59. The summed E-state index contributed by atoms with van der Waals surface area (Å²) in [5.74, 6) is -0.718. The summed E-state index contributed by atoms with van der Waals surface area (Å²) < 4.78 is 19.6. The molecule has 0 saturated carbocycles. The molecule has 1 aliphatic heterocycles. The van der Waals surface area contributed by atoms with Gasteiger partial charge in [-0.25, -0.2) is 4.39 Å². The molecule has 0 bridgehead atoms. The standard InChI is InChI=1S/C18H15BrFNO3/c19-13-6-7-17(15(20)10-13)24-11-16(22)12-3-1-4-14(9-12)21-8-2-5-18(21)23/h1,3-4,6-7,9-10H,2,5,8,11H2. The third kappa shape index (κ3) is 3.64. The van der Waals surface area contributed by atoms with Gasteiger partial charge in [-0.05, 0) is 36.8 Å². The molecule has 1 heterocycles. The number of ketones is 1. The van der Waals surface area contributed by atoms with Crippen LogP contribution in [-0.4, -0.2) is 24.8 Å². The highest BCUT2D eigenvalue weighted by Crippen LogP contribution is 2.24. The van der Waals surface area contributed by atoms with Crippen molar-refractivity contribution in [3.8, 4) is 5.75 Å². The smallest absolute Gasteiger partial charge is 0.227 e. The van der Waals surface area contributed by atoms with Crippen molar-refractivity contribution < 1.29 is 18.7 Å². The molecule has 1 fully saturated rings. The molecule has 2 aromatic carbocycles. The highest BCUT2D eigenvalue weighted by molar-refractivity contribution is 9.10. The Morgan fingerprint density at radius 2 is 2.08 bits per heavy atom. The van der Waals surface area contributed by atoms with Gasteiger partial charge < -0.3 is 9.64 Å². The Balaban J connectivity index is 1.70. The zero-order valence-electron chi connectivity index (χ0n) is 12.8. The van der Waals surface area contributed by atoms with Crippen LogP contribution in [0.2, 0.25) is 0 Å². The number of benzene rings is 2. The van der Waals surface area contributed by atoms with E-state index in [2.05, 4.69) is 15.9 Å². The summed E-state index contributed by atoms with van der Waals surface area (Å²) in [5.41, 5.74) is 1.14. The number of hydrogen-bond acceptors (Lipinski definition) is 3. The molecule has 0 radical (unpaired) electrons. The van der Waals surface area contributed by atoms with Crippen LogP contribution in [0.3, 0.4) is 0 Å². The lowest BCUT2D eigenvalue weighted by molar-refractivity contribution is -0.117. The van der Waals surface area contributed by atoms with Crippen molar-refractivity contribution in [2.45, 2.75) is 12.8 Å². The number of Topliss-reactive ketones (excluding diaryl/α,β-unsaturated/α-hetero) is 1. The largest absolute Gasteiger partial charge is 0.482 e. The van der Waals surface area contributed by atoms with Gasteiger partial charge in [-0.15, -0.1) is 0 Å². The van der Waals surface area contributed by atoms with Crippen molar-refractivity contribution in [3.05, 3.63) is 58.3 Å². The van der Waals surface area contributed by atoms with Crippen LogP contribution in [-0.2, 0) is 4.79 Å². The van der Waals surface area contributed by atoms with Gasteiger partial charge in [0.25, 0.3) is 0 Å². The van der Waals surface area contributed by atoms with E-state index in [1.54, 1.807) is 35.2 Å². The Labute approximate surface area is 147 Å². The second-order valence-electron chi connectivity index (χ2n) is 5.49. The molecule has 3 rings (SSSR count). The van der Waals surface area contributed by atoms with Gasteiger partial charge in [0, 0.05) is 28.7 Å². The van der Waals surface area contributed by atoms with Gasteiger partial charge in [0.1, 0.15) is 0 Å². The van der Waals surface area contributed by atoms with Crippen LogP contribution in [0.4, 0.5) is 10.1 Å². The molecule has 24 heavy (non-hydrogen) atoms. The minimum Gasteiger partial charge on any atom is -0.482 e. The summed E-state index contributed by atoms with van der Waals surface area (Å²) in [6.45, 7) is 0.396. The van der Waals surface area contributed by atoms with Crippen LogP contribution in [0.25, 0.3) is 0 Å². The average Bonchev–Trinajstić information content (AvgIpc) is 3.00. The fraction of sp³-hybridized carbons (Fsp3) is 0.222. The Hall–Kier alpha value is -2.21. The molecule has 6 heteroatoms.